The van der Waals surface area contributed by atoms with Crippen molar-refractivity contribution in [2.75, 3.05) is 18.4 Å². The average molecular weight is 420 g/mol. The van der Waals surface area contributed by atoms with Crippen molar-refractivity contribution in [3.63, 3.8) is 0 Å². The largest absolute Gasteiger partial charge is 0.349 e. The molecule has 7 heteroatoms. The van der Waals surface area contributed by atoms with Crippen molar-refractivity contribution in [2.45, 2.75) is 25.8 Å². The van der Waals surface area contributed by atoms with Gasteiger partial charge in [0.05, 0.1) is 6.04 Å². The molecule has 1 heterocycles. The number of hydrogen-bond acceptors (Lipinski definition) is 2. The number of halogens is 2. The molecule has 2 N–H and O–H groups in total. The minimum absolute atomic E-state index is 0.0124. The Kier molecular flexibility index (Phi) is 6.81. The number of para-hydroxylation sites is 1. The molecule has 1 aliphatic rings. The zero-order chi connectivity index (χ0) is 20.1. The number of piperidine rings is 1. The van der Waals surface area contributed by atoms with Crippen LogP contribution in [-0.2, 0) is 4.79 Å². The van der Waals surface area contributed by atoms with E-state index in [0.717, 1.165) is 11.3 Å². The van der Waals surface area contributed by atoms with Crippen molar-refractivity contribution >= 4 is 40.8 Å². The Morgan fingerprint density at radius 2 is 1.75 bits per heavy atom. The number of anilines is 1. The van der Waals surface area contributed by atoms with Crippen molar-refractivity contribution in [1.82, 2.24) is 10.2 Å². The van der Waals surface area contributed by atoms with Gasteiger partial charge in [-0.25, -0.2) is 4.79 Å². The molecular formula is C21H23Cl2N3O2. The predicted molar refractivity (Wildman–Crippen MR) is 113 cm³/mol. The lowest BCUT2D eigenvalue weighted by Crippen LogP contribution is -2.44. The highest BCUT2D eigenvalue weighted by Gasteiger charge is 2.28. The lowest BCUT2D eigenvalue weighted by atomic mass is 9.95. The molecule has 0 aromatic heterocycles. The number of carbonyl (C=O) groups is 2. The Morgan fingerprint density at radius 3 is 2.39 bits per heavy atom. The van der Waals surface area contributed by atoms with E-state index in [1.54, 1.807) is 17.0 Å². The molecule has 28 heavy (non-hydrogen) atoms. The Hall–Kier alpha value is -2.24. The molecule has 0 bridgehead atoms. The van der Waals surface area contributed by atoms with Crippen molar-refractivity contribution in [3.05, 3.63) is 64.1 Å². The summed E-state index contributed by atoms with van der Waals surface area (Å²) in [6, 6.07) is 14.3. The van der Waals surface area contributed by atoms with E-state index in [4.69, 9.17) is 23.2 Å². The van der Waals surface area contributed by atoms with Crippen LogP contribution in [0.1, 0.15) is 31.4 Å². The van der Waals surface area contributed by atoms with Gasteiger partial charge in [-0.3, -0.25) is 4.79 Å². The van der Waals surface area contributed by atoms with Crippen molar-refractivity contribution in [3.8, 4) is 0 Å². The van der Waals surface area contributed by atoms with Gasteiger partial charge >= 0.3 is 6.03 Å². The fraction of sp³-hybridized carbons (Fsp3) is 0.333. The van der Waals surface area contributed by atoms with E-state index in [0.29, 0.717) is 36.0 Å². The Labute approximate surface area is 175 Å². The maximum absolute atomic E-state index is 12.6. The Morgan fingerprint density at radius 1 is 1.07 bits per heavy atom. The lowest BCUT2D eigenvalue weighted by Gasteiger charge is -2.32. The van der Waals surface area contributed by atoms with E-state index in [9.17, 15) is 9.59 Å². The van der Waals surface area contributed by atoms with Crippen LogP contribution in [0.25, 0.3) is 0 Å². The summed E-state index contributed by atoms with van der Waals surface area (Å²) in [7, 11) is 0. The molecule has 3 amide bonds. The first-order valence-corrected chi connectivity index (χ1v) is 10.1. The summed E-state index contributed by atoms with van der Waals surface area (Å²) in [4.78, 5) is 26.7. The topological polar surface area (TPSA) is 61.4 Å². The number of carbonyl (C=O) groups excluding carboxylic acids is 2. The van der Waals surface area contributed by atoms with Gasteiger partial charge in [-0.05, 0) is 49.6 Å². The quantitative estimate of drug-likeness (QED) is 0.722. The molecule has 2 aromatic rings. The third kappa shape index (κ3) is 5.18. The summed E-state index contributed by atoms with van der Waals surface area (Å²) in [5, 5.41) is 7.00. The highest BCUT2D eigenvalue weighted by atomic mass is 35.5. The fourth-order valence-corrected chi connectivity index (χ4v) is 3.90. The summed E-state index contributed by atoms with van der Waals surface area (Å²) >= 11 is 12.2. The van der Waals surface area contributed by atoms with E-state index in [1.165, 1.54) is 0 Å². The van der Waals surface area contributed by atoms with Crippen LogP contribution in [0, 0.1) is 5.92 Å². The SMILES string of the molecule is CC(NC(=O)C1CCN(C(=O)Nc2ccccc2)CC1)c1ccc(Cl)cc1Cl. The Balaban J connectivity index is 1.50. The molecule has 1 unspecified atom stereocenters. The lowest BCUT2D eigenvalue weighted by molar-refractivity contribution is -0.126. The molecule has 1 atom stereocenters. The molecule has 0 saturated carbocycles. The third-order valence-corrected chi connectivity index (χ3v) is 5.53. The number of urea groups is 1. The highest BCUT2D eigenvalue weighted by molar-refractivity contribution is 6.35. The van der Waals surface area contributed by atoms with Crippen LogP contribution in [0.3, 0.4) is 0 Å². The van der Waals surface area contributed by atoms with Gasteiger partial charge < -0.3 is 15.5 Å². The van der Waals surface area contributed by atoms with Gasteiger partial charge in [0.1, 0.15) is 0 Å². The number of nitrogens with one attached hydrogen (secondary N) is 2. The van der Waals surface area contributed by atoms with Crippen molar-refractivity contribution in [2.24, 2.45) is 5.92 Å². The van der Waals surface area contributed by atoms with Gasteiger partial charge in [-0.2, -0.15) is 0 Å². The first kappa shape index (κ1) is 20.5. The van der Waals surface area contributed by atoms with Gasteiger partial charge in [-0.1, -0.05) is 47.5 Å². The van der Waals surface area contributed by atoms with Gasteiger partial charge in [0.2, 0.25) is 5.91 Å². The van der Waals surface area contributed by atoms with Gasteiger partial charge in [0.15, 0.2) is 0 Å². The zero-order valence-electron chi connectivity index (χ0n) is 15.6. The standard InChI is InChI=1S/C21H23Cl2N3O2/c1-14(18-8-7-16(22)13-19(18)23)24-20(27)15-9-11-26(12-10-15)21(28)25-17-5-3-2-4-6-17/h2-8,13-15H,9-12H2,1H3,(H,24,27)(H,25,28). The second-order valence-corrected chi connectivity index (χ2v) is 7.80. The van der Waals surface area contributed by atoms with Gasteiger partial charge in [-0.15, -0.1) is 0 Å². The van der Waals surface area contributed by atoms with Crippen LogP contribution in [-0.4, -0.2) is 29.9 Å². The summed E-state index contributed by atoms with van der Waals surface area (Å²) in [6.45, 7) is 3.00. The van der Waals surface area contributed by atoms with Crippen molar-refractivity contribution < 1.29 is 9.59 Å². The molecule has 1 saturated heterocycles. The second kappa shape index (κ2) is 9.30. The van der Waals surface area contributed by atoms with E-state index in [1.807, 2.05) is 43.3 Å². The number of hydrogen-bond donors (Lipinski definition) is 2. The molecule has 1 aliphatic heterocycles. The maximum Gasteiger partial charge on any atom is 0.321 e. The molecule has 5 nitrogen and oxygen atoms in total. The molecule has 1 fully saturated rings. The predicted octanol–water partition coefficient (Wildman–Crippen LogP) is 5.11. The minimum atomic E-state index is -0.211. The molecule has 0 aliphatic carbocycles. The van der Waals surface area contributed by atoms with Crippen LogP contribution in [0.2, 0.25) is 10.0 Å². The third-order valence-electron chi connectivity index (χ3n) is 4.97. The number of likely N-dealkylation sites (tertiary alicyclic amines) is 1. The molecule has 2 aromatic carbocycles. The first-order chi connectivity index (χ1) is 13.4. The van der Waals surface area contributed by atoms with Crippen LogP contribution in [0.5, 0.6) is 0 Å². The highest BCUT2D eigenvalue weighted by Crippen LogP contribution is 2.27. The number of benzene rings is 2. The Bertz CT molecular complexity index is 837. The summed E-state index contributed by atoms with van der Waals surface area (Å²) < 4.78 is 0. The summed E-state index contributed by atoms with van der Waals surface area (Å²) in [5.74, 6) is -0.129. The molecule has 0 spiro atoms. The van der Waals surface area contributed by atoms with Gasteiger partial charge in [0.25, 0.3) is 0 Å². The van der Waals surface area contributed by atoms with Crippen LogP contribution in [0.15, 0.2) is 48.5 Å². The smallest absolute Gasteiger partial charge is 0.321 e. The number of nitrogens with zero attached hydrogens (tertiary/aromatic N) is 1. The monoisotopic (exact) mass is 419 g/mol. The van der Waals surface area contributed by atoms with Crippen LogP contribution >= 0.6 is 23.2 Å². The number of amides is 3. The zero-order valence-corrected chi connectivity index (χ0v) is 17.1. The van der Waals surface area contributed by atoms with Crippen LogP contribution < -0.4 is 10.6 Å². The normalized spacial score (nSPS) is 15.8. The van der Waals surface area contributed by atoms with E-state index < -0.39 is 0 Å². The maximum atomic E-state index is 12.6. The first-order valence-electron chi connectivity index (χ1n) is 9.30. The number of rotatable bonds is 4. The summed E-state index contributed by atoms with van der Waals surface area (Å²) in [6.07, 6.45) is 1.27. The molecule has 148 valence electrons. The van der Waals surface area contributed by atoms with E-state index in [-0.39, 0.29) is 23.9 Å². The van der Waals surface area contributed by atoms with E-state index in [2.05, 4.69) is 10.6 Å². The second-order valence-electron chi connectivity index (χ2n) is 6.95. The molecule has 3 rings (SSSR count). The van der Waals surface area contributed by atoms with E-state index >= 15 is 0 Å². The molecule has 0 radical (unpaired) electrons. The molecular weight excluding hydrogens is 397 g/mol. The van der Waals surface area contributed by atoms with Gasteiger partial charge in [0, 0.05) is 34.7 Å². The average Bonchev–Trinajstić information content (AvgIpc) is 2.68. The minimum Gasteiger partial charge on any atom is -0.349 e. The van der Waals surface area contributed by atoms with Crippen LogP contribution in [0.4, 0.5) is 10.5 Å². The fourth-order valence-electron chi connectivity index (χ4n) is 3.33. The van der Waals surface area contributed by atoms with Crippen molar-refractivity contribution in [1.29, 1.82) is 0 Å². The summed E-state index contributed by atoms with van der Waals surface area (Å²) in [5.41, 5.74) is 1.60.